The van der Waals surface area contributed by atoms with Crippen LogP contribution < -0.4 is 5.32 Å². The molecule has 0 aliphatic carbocycles. The molecule has 3 aromatic rings. The monoisotopic (exact) mass is 549 g/mol. The second-order valence-corrected chi connectivity index (χ2v) is 8.36. The molecular weight excluding hydrogens is 522 g/mol. The van der Waals surface area contributed by atoms with Gasteiger partial charge >= 0.3 is 30.2 Å². The first-order valence-electron chi connectivity index (χ1n) is 12.2. The minimum absolute atomic E-state index is 0.0907. The summed E-state index contributed by atoms with van der Waals surface area (Å²) in [6, 6.07) is 23.9. The number of amides is 1. The van der Waals surface area contributed by atoms with E-state index in [4.69, 9.17) is 24.1 Å². The summed E-state index contributed by atoms with van der Waals surface area (Å²) in [5, 5.41) is 11.2. The number of esters is 2. The van der Waals surface area contributed by atoms with E-state index in [1.807, 2.05) is 0 Å². The number of carbonyl (C=O) groups excluding carboxylic acids is 4. The van der Waals surface area contributed by atoms with Crippen molar-refractivity contribution in [1.82, 2.24) is 5.32 Å². The maximum absolute atomic E-state index is 12.8. The Kier molecular flexibility index (Phi) is 11.2. The van der Waals surface area contributed by atoms with E-state index in [1.165, 1.54) is 12.1 Å². The van der Waals surface area contributed by atoms with Gasteiger partial charge in [-0.3, -0.25) is 4.79 Å². The molecule has 0 aliphatic rings. The predicted molar refractivity (Wildman–Crippen MR) is 138 cm³/mol. The lowest BCUT2D eigenvalue weighted by atomic mass is 10.1. The SMILES string of the molecule is O=C(O)CC[C@H](NC(=O)OCc1ccccc1)C(=O)OC(=O)OC(C(=O)OCc1ccccc1)c1ccccc1. The number of ether oxygens (including phenoxy) is 4. The van der Waals surface area contributed by atoms with Crippen molar-refractivity contribution in [2.75, 3.05) is 0 Å². The van der Waals surface area contributed by atoms with Crippen LogP contribution in [0.3, 0.4) is 0 Å². The Bertz CT molecular complexity index is 1280. The second kappa shape index (κ2) is 15.3. The fourth-order valence-electron chi connectivity index (χ4n) is 3.38. The molecule has 0 saturated heterocycles. The Hall–Kier alpha value is -5.19. The average Bonchev–Trinajstić information content (AvgIpc) is 2.97. The third-order valence-corrected chi connectivity index (χ3v) is 5.37. The highest BCUT2D eigenvalue weighted by molar-refractivity contribution is 5.89. The van der Waals surface area contributed by atoms with Gasteiger partial charge in [-0.15, -0.1) is 0 Å². The zero-order valence-electron chi connectivity index (χ0n) is 21.3. The van der Waals surface area contributed by atoms with Crippen LogP contribution >= 0.6 is 0 Å². The van der Waals surface area contributed by atoms with Gasteiger partial charge in [0.15, 0.2) is 0 Å². The molecule has 0 radical (unpaired) electrons. The Labute approximate surface area is 229 Å². The van der Waals surface area contributed by atoms with E-state index in [0.717, 1.165) is 0 Å². The van der Waals surface area contributed by atoms with Crippen LogP contribution in [0, 0.1) is 0 Å². The molecule has 0 saturated carbocycles. The first-order chi connectivity index (χ1) is 19.3. The zero-order chi connectivity index (χ0) is 28.7. The largest absolute Gasteiger partial charge is 0.517 e. The standard InChI is InChI=1S/C29H27NO10/c31-24(32)17-16-23(30-28(35)38-19-21-12-6-2-7-13-21)26(33)40-29(36)39-25(22-14-8-3-9-15-22)27(34)37-18-20-10-4-1-5-11-20/h1-15,23,25H,16-19H2,(H,30,35)(H,31,32)/t23-,25?/m0/s1. The first-order valence-corrected chi connectivity index (χ1v) is 12.2. The van der Waals surface area contributed by atoms with Crippen molar-refractivity contribution in [3.8, 4) is 0 Å². The molecule has 0 fully saturated rings. The van der Waals surface area contributed by atoms with Crippen LogP contribution in [0.1, 0.15) is 35.6 Å². The molecule has 0 spiro atoms. The molecule has 0 bridgehead atoms. The molecule has 3 rings (SSSR count). The van der Waals surface area contributed by atoms with Gasteiger partial charge in [0, 0.05) is 12.0 Å². The number of hydrogen-bond acceptors (Lipinski definition) is 9. The number of alkyl carbamates (subject to hydrolysis) is 1. The van der Waals surface area contributed by atoms with E-state index < -0.39 is 55.1 Å². The highest BCUT2D eigenvalue weighted by Crippen LogP contribution is 2.21. The number of benzene rings is 3. The molecule has 2 atom stereocenters. The molecular formula is C29H27NO10. The molecule has 40 heavy (non-hydrogen) atoms. The van der Waals surface area contributed by atoms with Gasteiger partial charge in [-0.25, -0.2) is 19.2 Å². The lowest BCUT2D eigenvalue weighted by Crippen LogP contribution is -2.43. The van der Waals surface area contributed by atoms with Gasteiger partial charge in [0.1, 0.15) is 19.3 Å². The summed E-state index contributed by atoms with van der Waals surface area (Å²) in [5.41, 5.74) is 1.64. The summed E-state index contributed by atoms with van der Waals surface area (Å²) < 4.78 is 20.2. The molecule has 11 heteroatoms. The van der Waals surface area contributed by atoms with Gasteiger partial charge in [-0.1, -0.05) is 91.0 Å². The molecule has 11 nitrogen and oxygen atoms in total. The number of carbonyl (C=O) groups is 5. The van der Waals surface area contributed by atoms with Crippen LogP contribution in [0.2, 0.25) is 0 Å². The molecule has 208 valence electrons. The number of rotatable bonds is 12. The Morgan fingerprint density at radius 3 is 1.77 bits per heavy atom. The van der Waals surface area contributed by atoms with E-state index in [-0.39, 0.29) is 18.8 Å². The third-order valence-electron chi connectivity index (χ3n) is 5.37. The summed E-state index contributed by atoms with van der Waals surface area (Å²) >= 11 is 0. The van der Waals surface area contributed by atoms with Gasteiger partial charge in [0.2, 0.25) is 6.10 Å². The van der Waals surface area contributed by atoms with E-state index >= 15 is 0 Å². The van der Waals surface area contributed by atoms with Crippen molar-refractivity contribution < 1.29 is 48.0 Å². The average molecular weight is 550 g/mol. The third kappa shape index (κ3) is 9.93. The highest BCUT2D eigenvalue weighted by Gasteiger charge is 2.31. The van der Waals surface area contributed by atoms with Gasteiger partial charge in [-0.2, -0.15) is 0 Å². The van der Waals surface area contributed by atoms with Crippen molar-refractivity contribution >= 4 is 30.2 Å². The second-order valence-electron chi connectivity index (χ2n) is 8.36. The minimum atomic E-state index is -1.56. The van der Waals surface area contributed by atoms with Crippen molar-refractivity contribution in [2.45, 2.75) is 38.2 Å². The topological polar surface area (TPSA) is 155 Å². The number of carboxylic acids is 1. The van der Waals surface area contributed by atoms with E-state index in [1.54, 1.807) is 78.9 Å². The van der Waals surface area contributed by atoms with Gasteiger partial charge in [0.25, 0.3) is 0 Å². The Morgan fingerprint density at radius 1 is 0.700 bits per heavy atom. The fourth-order valence-corrected chi connectivity index (χ4v) is 3.38. The summed E-state index contributed by atoms with van der Waals surface area (Å²) in [7, 11) is 0. The van der Waals surface area contributed by atoms with Gasteiger partial charge in [0.05, 0.1) is 0 Å². The quantitative estimate of drug-likeness (QED) is 0.190. The molecule has 0 aliphatic heterocycles. The van der Waals surface area contributed by atoms with Gasteiger partial charge < -0.3 is 29.4 Å². The molecule has 1 unspecified atom stereocenters. The number of hydrogen-bond donors (Lipinski definition) is 2. The molecule has 0 aromatic heterocycles. The predicted octanol–water partition coefficient (Wildman–Crippen LogP) is 4.31. The number of nitrogens with one attached hydrogen (secondary N) is 1. The molecule has 3 aromatic carbocycles. The summed E-state index contributed by atoms with van der Waals surface area (Å²) in [4.78, 5) is 61.3. The number of aliphatic carboxylic acids is 1. The van der Waals surface area contributed by atoms with Crippen LogP contribution in [-0.2, 0) is 46.5 Å². The van der Waals surface area contributed by atoms with Gasteiger partial charge in [-0.05, 0) is 17.5 Å². The van der Waals surface area contributed by atoms with E-state index in [2.05, 4.69) is 5.32 Å². The van der Waals surface area contributed by atoms with Crippen molar-refractivity contribution in [1.29, 1.82) is 0 Å². The Balaban J connectivity index is 1.63. The molecule has 2 N–H and O–H groups in total. The highest BCUT2D eigenvalue weighted by atomic mass is 16.8. The van der Waals surface area contributed by atoms with Crippen LogP contribution in [0.15, 0.2) is 91.0 Å². The smallest absolute Gasteiger partial charge is 0.481 e. The van der Waals surface area contributed by atoms with E-state index in [9.17, 15) is 24.0 Å². The van der Waals surface area contributed by atoms with Crippen LogP contribution in [0.25, 0.3) is 0 Å². The summed E-state index contributed by atoms with van der Waals surface area (Å²) in [5.74, 6) is -3.46. The summed E-state index contributed by atoms with van der Waals surface area (Å²) in [6.45, 7) is -0.202. The van der Waals surface area contributed by atoms with Crippen molar-refractivity contribution in [2.24, 2.45) is 0 Å². The van der Waals surface area contributed by atoms with Crippen LogP contribution in [-0.4, -0.2) is 41.3 Å². The maximum Gasteiger partial charge on any atom is 0.517 e. The lowest BCUT2D eigenvalue weighted by molar-refractivity contribution is -0.159. The molecule has 0 heterocycles. The van der Waals surface area contributed by atoms with E-state index in [0.29, 0.717) is 11.1 Å². The Morgan fingerprint density at radius 2 is 1.23 bits per heavy atom. The fraction of sp³-hybridized carbons (Fsp3) is 0.207. The van der Waals surface area contributed by atoms with Crippen molar-refractivity contribution in [3.05, 3.63) is 108 Å². The molecule has 1 amide bonds. The number of carboxylic acid groups (broad SMARTS) is 1. The van der Waals surface area contributed by atoms with Crippen LogP contribution in [0.4, 0.5) is 9.59 Å². The zero-order valence-corrected chi connectivity index (χ0v) is 21.3. The first kappa shape index (κ1) is 29.4. The lowest BCUT2D eigenvalue weighted by Gasteiger charge is -2.19. The summed E-state index contributed by atoms with van der Waals surface area (Å²) in [6.07, 6.45) is -5.06. The minimum Gasteiger partial charge on any atom is -0.481 e. The normalized spacial score (nSPS) is 11.8. The van der Waals surface area contributed by atoms with Crippen LogP contribution in [0.5, 0.6) is 0 Å². The van der Waals surface area contributed by atoms with Crippen molar-refractivity contribution in [3.63, 3.8) is 0 Å². The maximum atomic E-state index is 12.8.